The van der Waals surface area contributed by atoms with E-state index in [4.69, 9.17) is 11.6 Å². The molecule has 2 saturated heterocycles. The molecule has 0 radical (unpaired) electrons. The largest absolute Gasteiger partial charge is 0.352 e. The Morgan fingerprint density at radius 3 is 1.80 bits per heavy atom. The lowest BCUT2D eigenvalue weighted by Gasteiger charge is -2.28. The van der Waals surface area contributed by atoms with Crippen molar-refractivity contribution in [2.75, 3.05) is 28.9 Å². The molecule has 0 aromatic heterocycles. The average Bonchev–Trinajstić information content (AvgIpc) is 2.88. The van der Waals surface area contributed by atoms with Gasteiger partial charge in [-0.3, -0.25) is 4.79 Å². The molecule has 2 unspecified atom stereocenters. The molecule has 2 atom stereocenters. The summed E-state index contributed by atoms with van der Waals surface area (Å²) in [6.45, 7) is 0. The Balaban J connectivity index is 2.15. The maximum absolute atomic E-state index is 11.6. The van der Waals surface area contributed by atoms with Crippen molar-refractivity contribution < 1.29 is 21.6 Å². The van der Waals surface area contributed by atoms with Crippen molar-refractivity contribution in [2.45, 2.75) is 18.9 Å². The molecule has 0 bridgehead atoms. The Bertz CT molecular complexity index is 542. The van der Waals surface area contributed by atoms with Crippen molar-refractivity contribution in [2.24, 2.45) is 11.8 Å². The van der Waals surface area contributed by atoms with Gasteiger partial charge in [-0.1, -0.05) is 0 Å². The van der Waals surface area contributed by atoms with E-state index in [0.29, 0.717) is 12.8 Å². The van der Waals surface area contributed by atoms with E-state index in [2.05, 4.69) is 5.32 Å². The van der Waals surface area contributed by atoms with Crippen LogP contribution in [0, 0.1) is 11.8 Å². The summed E-state index contributed by atoms with van der Waals surface area (Å²) in [5.74, 6) is -0.807. The smallest absolute Gasteiger partial charge is 0.235 e. The van der Waals surface area contributed by atoms with Crippen molar-refractivity contribution >= 4 is 37.2 Å². The van der Waals surface area contributed by atoms with Gasteiger partial charge in [-0.05, 0) is 24.7 Å². The number of sulfone groups is 2. The fourth-order valence-electron chi connectivity index (χ4n) is 3.06. The van der Waals surface area contributed by atoms with Crippen molar-refractivity contribution in [1.82, 2.24) is 5.32 Å². The highest BCUT2D eigenvalue weighted by atomic mass is 35.5. The number of hydrogen-bond donors (Lipinski definition) is 1. The first-order valence-corrected chi connectivity index (χ1v) is 10.7. The van der Waals surface area contributed by atoms with E-state index < -0.39 is 25.7 Å². The minimum atomic E-state index is -3.08. The Morgan fingerprint density at radius 2 is 1.50 bits per heavy atom. The molecule has 0 aromatic rings. The first kappa shape index (κ1) is 16.0. The summed E-state index contributed by atoms with van der Waals surface area (Å²) in [6.07, 6.45) is 0.929. The molecule has 2 fully saturated rings. The first-order chi connectivity index (χ1) is 9.22. The number of halogens is 1. The fraction of sp³-hybridized carbons (Fsp3) is 0.909. The van der Waals surface area contributed by atoms with Crippen molar-refractivity contribution in [3.63, 3.8) is 0 Å². The van der Waals surface area contributed by atoms with Gasteiger partial charge in [0.25, 0.3) is 0 Å². The Hall–Kier alpha value is -0.340. The van der Waals surface area contributed by atoms with E-state index in [-0.39, 0.29) is 46.6 Å². The van der Waals surface area contributed by atoms with Crippen molar-refractivity contribution in [3.8, 4) is 0 Å². The second-order valence-electron chi connectivity index (χ2n) is 5.55. The molecule has 6 nitrogen and oxygen atoms in total. The van der Waals surface area contributed by atoms with Crippen LogP contribution in [-0.4, -0.2) is 57.7 Å². The number of nitrogens with one attached hydrogen (secondary N) is 1. The molecule has 0 saturated carbocycles. The molecule has 2 heterocycles. The summed E-state index contributed by atoms with van der Waals surface area (Å²) in [5, 5.41) is 2.73. The summed E-state index contributed by atoms with van der Waals surface area (Å²) in [5.41, 5.74) is 0. The number of alkyl halides is 1. The minimum Gasteiger partial charge on any atom is -0.352 e. The molecule has 0 aliphatic carbocycles. The third kappa shape index (κ3) is 3.85. The van der Waals surface area contributed by atoms with Crippen LogP contribution in [0.3, 0.4) is 0 Å². The molecule has 2 aliphatic rings. The van der Waals surface area contributed by atoms with Gasteiger partial charge in [0.1, 0.15) is 5.88 Å². The first-order valence-electron chi connectivity index (χ1n) is 6.48. The molecule has 2 aliphatic heterocycles. The molecular formula is C11H18ClNO5S2. The lowest BCUT2D eigenvalue weighted by molar-refractivity contribution is -0.120. The van der Waals surface area contributed by atoms with Crippen molar-refractivity contribution in [3.05, 3.63) is 0 Å². The lowest BCUT2D eigenvalue weighted by Crippen LogP contribution is -2.46. The van der Waals surface area contributed by atoms with Gasteiger partial charge in [0.15, 0.2) is 19.7 Å². The minimum absolute atomic E-state index is 0.0107. The molecule has 1 N–H and O–H groups in total. The second kappa shape index (κ2) is 5.81. The molecule has 2 rings (SSSR count). The predicted octanol–water partition coefficient (Wildman–Crippen LogP) is -0.421. The Morgan fingerprint density at radius 1 is 1.05 bits per heavy atom. The third-order valence-corrected chi connectivity index (χ3v) is 7.83. The van der Waals surface area contributed by atoms with Crippen LogP contribution < -0.4 is 5.32 Å². The summed E-state index contributed by atoms with van der Waals surface area (Å²) in [6, 6.07) is -0.421. The summed E-state index contributed by atoms with van der Waals surface area (Å²) >= 11 is 5.47. The molecular weight excluding hydrogens is 326 g/mol. The average molecular weight is 344 g/mol. The Kier molecular flexibility index (Phi) is 4.66. The fourth-order valence-corrected chi connectivity index (χ4v) is 6.85. The zero-order chi connectivity index (χ0) is 15.0. The van der Waals surface area contributed by atoms with Crippen LogP contribution in [0.2, 0.25) is 0 Å². The summed E-state index contributed by atoms with van der Waals surface area (Å²) in [4.78, 5) is 11.5. The molecule has 116 valence electrons. The summed E-state index contributed by atoms with van der Waals surface area (Å²) in [7, 11) is -6.15. The van der Waals surface area contributed by atoms with Crippen LogP contribution in [-0.2, 0) is 24.5 Å². The Labute approximate surface area is 124 Å². The number of rotatable bonds is 4. The van der Waals surface area contributed by atoms with Crippen LogP contribution in [0.15, 0.2) is 0 Å². The molecule has 0 aromatic carbocycles. The van der Waals surface area contributed by atoms with E-state index in [1.165, 1.54) is 0 Å². The highest BCUT2D eigenvalue weighted by molar-refractivity contribution is 7.91. The standard InChI is InChI=1S/C11H18ClNO5S2/c12-5-10(14)13-11(8-1-3-19(15,16)6-8)9-2-4-20(17,18)7-9/h8-9,11H,1-7H2,(H,13,14). The van der Waals surface area contributed by atoms with E-state index in [0.717, 1.165) is 0 Å². The van der Waals surface area contributed by atoms with Gasteiger partial charge in [-0.15, -0.1) is 11.6 Å². The number of hydrogen-bond acceptors (Lipinski definition) is 5. The van der Waals surface area contributed by atoms with Gasteiger partial charge in [0.2, 0.25) is 5.91 Å². The SMILES string of the molecule is O=C(CCl)NC(C1CCS(=O)(=O)C1)C1CCS(=O)(=O)C1. The van der Waals surface area contributed by atoms with E-state index in [9.17, 15) is 21.6 Å². The zero-order valence-corrected chi connectivity index (χ0v) is 13.3. The quantitative estimate of drug-likeness (QED) is 0.699. The van der Waals surface area contributed by atoms with Gasteiger partial charge >= 0.3 is 0 Å². The van der Waals surface area contributed by atoms with Crippen LogP contribution in [0.25, 0.3) is 0 Å². The van der Waals surface area contributed by atoms with E-state index in [1.54, 1.807) is 0 Å². The van der Waals surface area contributed by atoms with Gasteiger partial charge in [-0.25, -0.2) is 16.8 Å². The molecule has 1 amide bonds. The second-order valence-corrected chi connectivity index (χ2v) is 10.3. The third-order valence-electron chi connectivity index (χ3n) is 4.00. The monoisotopic (exact) mass is 343 g/mol. The van der Waals surface area contributed by atoms with Gasteiger partial charge in [-0.2, -0.15) is 0 Å². The maximum atomic E-state index is 11.6. The predicted molar refractivity (Wildman–Crippen MR) is 76.2 cm³/mol. The van der Waals surface area contributed by atoms with E-state index in [1.807, 2.05) is 0 Å². The van der Waals surface area contributed by atoms with Crippen molar-refractivity contribution in [1.29, 1.82) is 0 Å². The highest BCUT2D eigenvalue weighted by Crippen LogP contribution is 2.31. The molecule has 9 heteroatoms. The topological polar surface area (TPSA) is 97.4 Å². The maximum Gasteiger partial charge on any atom is 0.235 e. The van der Waals surface area contributed by atoms with Crippen LogP contribution in [0.1, 0.15) is 12.8 Å². The molecule has 0 spiro atoms. The van der Waals surface area contributed by atoms with Crippen LogP contribution in [0.5, 0.6) is 0 Å². The highest BCUT2D eigenvalue weighted by Gasteiger charge is 2.42. The zero-order valence-electron chi connectivity index (χ0n) is 10.9. The van der Waals surface area contributed by atoms with E-state index >= 15 is 0 Å². The van der Waals surface area contributed by atoms with Gasteiger partial charge < -0.3 is 5.32 Å². The number of amides is 1. The van der Waals surface area contributed by atoms with Crippen LogP contribution in [0.4, 0.5) is 0 Å². The lowest BCUT2D eigenvalue weighted by atomic mass is 9.87. The normalized spacial score (nSPS) is 32.9. The van der Waals surface area contributed by atoms with Gasteiger partial charge in [0, 0.05) is 6.04 Å². The summed E-state index contributed by atoms with van der Waals surface area (Å²) < 4.78 is 46.3. The van der Waals surface area contributed by atoms with Gasteiger partial charge in [0.05, 0.1) is 23.0 Å². The number of carbonyl (C=O) groups excluding carboxylic acids is 1. The number of carbonyl (C=O) groups is 1. The molecule has 20 heavy (non-hydrogen) atoms. The van der Waals surface area contributed by atoms with Crippen LogP contribution >= 0.6 is 11.6 Å².